The number of phenols is 1. The molecule has 0 amide bonds. The third-order valence-corrected chi connectivity index (χ3v) is 2.48. The molecule has 0 radical (unpaired) electrons. The molecule has 1 rings (SSSR count). The summed E-state index contributed by atoms with van der Waals surface area (Å²) in [5.41, 5.74) is 1.37. The number of aryl methyl sites for hydroxylation is 1. The molecule has 4 heteroatoms. The summed E-state index contributed by atoms with van der Waals surface area (Å²) in [4.78, 5) is 11.3. The zero-order valence-electron chi connectivity index (χ0n) is 9.99. The largest absolute Gasteiger partial charge is 0.506 e. The van der Waals surface area contributed by atoms with Gasteiger partial charge in [-0.05, 0) is 24.5 Å². The fraction of sp³-hybridized carbons (Fsp3) is 0.385. The molecule has 0 aromatic heterocycles. The topological polar surface area (TPSA) is 70.3 Å². The molecule has 90 valence electrons. The lowest BCUT2D eigenvalue weighted by Crippen LogP contribution is -2.09. The van der Waals surface area contributed by atoms with Crippen LogP contribution < -0.4 is 0 Å². The van der Waals surface area contributed by atoms with E-state index in [-0.39, 0.29) is 17.7 Å². The summed E-state index contributed by atoms with van der Waals surface area (Å²) < 4.78 is 4.81. The molecular formula is C13H15NO3. The molecule has 0 fully saturated rings. The van der Waals surface area contributed by atoms with E-state index >= 15 is 0 Å². The molecule has 0 heterocycles. The molecule has 0 atom stereocenters. The van der Waals surface area contributed by atoms with E-state index in [4.69, 9.17) is 10.00 Å². The van der Waals surface area contributed by atoms with E-state index in [1.54, 1.807) is 19.1 Å². The Bertz CT molecular complexity index is 460. The van der Waals surface area contributed by atoms with Crippen LogP contribution in [0.3, 0.4) is 0 Å². The quantitative estimate of drug-likeness (QED) is 0.807. The number of phenolic OH excluding ortho intramolecular Hbond substituents is 1. The minimum Gasteiger partial charge on any atom is -0.506 e. The second-order valence-electron chi connectivity index (χ2n) is 3.55. The molecule has 0 bridgehead atoms. The SMILES string of the molecule is CCOC(=O)Cc1ccc(CC)c(O)c1C#N. The number of ether oxygens (including phenoxy) is 1. The summed E-state index contributed by atoms with van der Waals surface area (Å²) >= 11 is 0. The van der Waals surface area contributed by atoms with Crippen LogP contribution in [0.4, 0.5) is 0 Å². The van der Waals surface area contributed by atoms with Gasteiger partial charge in [-0.3, -0.25) is 4.79 Å². The second-order valence-corrected chi connectivity index (χ2v) is 3.55. The van der Waals surface area contributed by atoms with Gasteiger partial charge in [0.2, 0.25) is 0 Å². The maximum atomic E-state index is 11.3. The first-order valence-electron chi connectivity index (χ1n) is 5.53. The van der Waals surface area contributed by atoms with Gasteiger partial charge in [0.05, 0.1) is 18.6 Å². The molecule has 0 saturated carbocycles. The third-order valence-electron chi connectivity index (χ3n) is 2.48. The van der Waals surface area contributed by atoms with Crippen molar-refractivity contribution < 1.29 is 14.6 Å². The van der Waals surface area contributed by atoms with Crippen LogP contribution in [0.2, 0.25) is 0 Å². The van der Waals surface area contributed by atoms with Crippen molar-refractivity contribution in [3.8, 4) is 11.8 Å². The zero-order valence-corrected chi connectivity index (χ0v) is 9.99. The molecular weight excluding hydrogens is 218 g/mol. The average Bonchev–Trinajstić information content (AvgIpc) is 2.30. The molecule has 0 aliphatic carbocycles. The van der Waals surface area contributed by atoms with E-state index in [9.17, 15) is 9.90 Å². The summed E-state index contributed by atoms with van der Waals surface area (Å²) in [6.45, 7) is 3.92. The summed E-state index contributed by atoms with van der Waals surface area (Å²) in [7, 11) is 0. The number of hydrogen-bond donors (Lipinski definition) is 1. The van der Waals surface area contributed by atoms with Gasteiger partial charge < -0.3 is 9.84 Å². The first-order chi connectivity index (χ1) is 8.13. The molecule has 0 spiro atoms. The van der Waals surface area contributed by atoms with Crippen molar-refractivity contribution >= 4 is 5.97 Å². The van der Waals surface area contributed by atoms with Crippen molar-refractivity contribution in [1.29, 1.82) is 5.26 Å². The standard InChI is InChI=1S/C13H15NO3/c1-3-9-5-6-10(7-12(15)17-4-2)11(8-14)13(9)16/h5-6,16H,3-4,7H2,1-2H3. The first-order valence-corrected chi connectivity index (χ1v) is 5.53. The van der Waals surface area contributed by atoms with Crippen molar-refractivity contribution in [3.05, 3.63) is 28.8 Å². The molecule has 1 N–H and O–H groups in total. The number of carbonyl (C=O) groups excluding carboxylic acids is 1. The molecule has 17 heavy (non-hydrogen) atoms. The number of hydrogen-bond acceptors (Lipinski definition) is 4. The fourth-order valence-corrected chi connectivity index (χ4v) is 1.60. The fourth-order valence-electron chi connectivity index (χ4n) is 1.60. The predicted octanol–water partition coefficient (Wildman–Crippen LogP) is 1.93. The lowest BCUT2D eigenvalue weighted by molar-refractivity contribution is -0.142. The lowest BCUT2D eigenvalue weighted by atomic mass is 9.99. The average molecular weight is 233 g/mol. The summed E-state index contributed by atoms with van der Waals surface area (Å²) in [6.07, 6.45) is 0.647. The van der Waals surface area contributed by atoms with Gasteiger partial charge in [0.25, 0.3) is 0 Å². The Kier molecular flexibility index (Phi) is 4.53. The number of aromatic hydroxyl groups is 1. The minimum atomic E-state index is -0.396. The number of carbonyl (C=O) groups is 1. The summed E-state index contributed by atoms with van der Waals surface area (Å²) in [5.74, 6) is -0.426. The predicted molar refractivity (Wildman–Crippen MR) is 62.5 cm³/mol. The molecule has 0 aliphatic heterocycles. The van der Waals surface area contributed by atoms with Gasteiger partial charge in [-0.1, -0.05) is 19.1 Å². The van der Waals surface area contributed by atoms with Crippen molar-refractivity contribution in [2.24, 2.45) is 0 Å². The Balaban J connectivity index is 3.06. The highest BCUT2D eigenvalue weighted by atomic mass is 16.5. The Morgan fingerprint density at radius 1 is 1.41 bits per heavy atom. The molecule has 0 saturated heterocycles. The third kappa shape index (κ3) is 2.97. The van der Waals surface area contributed by atoms with E-state index < -0.39 is 5.97 Å². The monoisotopic (exact) mass is 233 g/mol. The van der Waals surface area contributed by atoms with E-state index in [0.717, 1.165) is 0 Å². The molecule has 0 unspecified atom stereocenters. The van der Waals surface area contributed by atoms with Gasteiger partial charge in [0, 0.05) is 0 Å². The Labute approximate surface area is 100 Å². The number of esters is 1. The minimum absolute atomic E-state index is 0.00822. The summed E-state index contributed by atoms with van der Waals surface area (Å²) in [6, 6.07) is 5.34. The number of nitrogens with zero attached hydrogens (tertiary/aromatic N) is 1. The maximum absolute atomic E-state index is 11.3. The zero-order chi connectivity index (χ0) is 12.8. The van der Waals surface area contributed by atoms with Crippen molar-refractivity contribution in [2.45, 2.75) is 26.7 Å². The van der Waals surface area contributed by atoms with Gasteiger partial charge >= 0.3 is 5.97 Å². The smallest absolute Gasteiger partial charge is 0.310 e. The molecule has 1 aromatic carbocycles. The Morgan fingerprint density at radius 2 is 2.06 bits per heavy atom. The normalized spacial score (nSPS) is 9.71. The van der Waals surface area contributed by atoms with Crippen LogP contribution in [0.15, 0.2) is 12.1 Å². The second kappa shape index (κ2) is 5.90. The highest BCUT2D eigenvalue weighted by Crippen LogP contribution is 2.26. The van der Waals surface area contributed by atoms with Crippen LogP contribution in [0.1, 0.15) is 30.5 Å². The highest BCUT2D eigenvalue weighted by Gasteiger charge is 2.14. The van der Waals surface area contributed by atoms with Crippen molar-refractivity contribution in [3.63, 3.8) is 0 Å². The van der Waals surface area contributed by atoms with E-state index in [1.165, 1.54) is 0 Å². The van der Waals surface area contributed by atoms with Crippen LogP contribution in [-0.2, 0) is 22.4 Å². The molecule has 4 nitrogen and oxygen atoms in total. The van der Waals surface area contributed by atoms with E-state index in [1.807, 2.05) is 13.0 Å². The van der Waals surface area contributed by atoms with Gasteiger partial charge in [-0.15, -0.1) is 0 Å². The van der Waals surface area contributed by atoms with Crippen LogP contribution in [-0.4, -0.2) is 17.7 Å². The Morgan fingerprint density at radius 3 is 2.59 bits per heavy atom. The van der Waals surface area contributed by atoms with E-state index in [2.05, 4.69) is 0 Å². The van der Waals surface area contributed by atoms with Gasteiger partial charge in [0.15, 0.2) is 0 Å². The van der Waals surface area contributed by atoms with Gasteiger partial charge in [0.1, 0.15) is 11.8 Å². The highest BCUT2D eigenvalue weighted by molar-refractivity contribution is 5.74. The number of rotatable bonds is 4. The Hall–Kier alpha value is -2.02. The van der Waals surface area contributed by atoms with Crippen molar-refractivity contribution in [1.82, 2.24) is 0 Å². The van der Waals surface area contributed by atoms with Crippen LogP contribution in [0.25, 0.3) is 0 Å². The molecule has 0 aliphatic rings. The number of nitriles is 1. The lowest BCUT2D eigenvalue weighted by Gasteiger charge is -2.08. The van der Waals surface area contributed by atoms with Crippen molar-refractivity contribution in [2.75, 3.05) is 6.61 Å². The van der Waals surface area contributed by atoms with Gasteiger partial charge in [-0.25, -0.2) is 0 Å². The van der Waals surface area contributed by atoms with Gasteiger partial charge in [-0.2, -0.15) is 5.26 Å². The summed E-state index contributed by atoms with van der Waals surface area (Å²) in [5, 5.41) is 18.8. The van der Waals surface area contributed by atoms with Crippen LogP contribution in [0.5, 0.6) is 5.75 Å². The van der Waals surface area contributed by atoms with Crippen LogP contribution in [0, 0.1) is 11.3 Å². The van der Waals surface area contributed by atoms with E-state index in [0.29, 0.717) is 24.2 Å². The number of benzene rings is 1. The molecule has 1 aromatic rings. The maximum Gasteiger partial charge on any atom is 0.310 e. The first kappa shape index (κ1) is 13.0. The van der Waals surface area contributed by atoms with Crippen LogP contribution >= 0.6 is 0 Å².